The zero-order chi connectivity index (χ0) is 14.1. The third-order valence-corrected chi connectivity index (χ3v) is 7.85. The van der Waals surface area contributed by atoms with E-state index in [1.165, 1.54) is 0 Å². The molecule has 0 aliphatic carbocycles. The highest BCUT2D eigenvalue weighted by molar-refractivity contribution is 6.74. The molecule has 1 amide bonds. The van der Waals surface area contributed by atoms with Gasteiger partial charge in [0, 0.05) is 0 Å². The predicted octanol–water partition coefficient (Wildman–Crippen LogP) is 2.75. The SMILES string of the molecule is CC(C)(C)[Si](C)(C)Oc1cccc(C(N)=O)c1N. The third-order valence-electron chi connectivity index (χ3n) is 3.50. The molecule has 0 radical (unpaired) electrons. The van der Waals surface area contributed by atoms with E-state index in [1.54, 1.807) is 18.2 Å². The summed E-state index contributed by atoms with van der Waals surface area (Å²) >= 11 is 0. The van der Waals surface area contributed by atoms with Crippen molar-refractivity contribution in [3.05, 3.63) is 23.8 Å². The molecule has 100 valence electrons. The van der Waals surface area contributed by atoms with Gasteiger partial charge in [-0.15, -0.1) is 0 Å². The van der Waals surface area contributed by atoms with Crippen LogP contribution in [0.25, 0.3) is 0 Å². The Morgan fingerprint density at radius 1 is 1.28 bits per heavy atom. The second-order valence-corrected chi connectivity index (χ2v) is 10.7. The van der Waals surface area contributed by atoms with E-state index in [4.69, 9.17) is 15.9 Å². The van der Waals surface area contributed by atoms with Crippen molar-refractivity contribution in [3.8, 4) is 5.75 Å². The molecule has 0 aliphatic rings. The average Bonchev–Trinajstić information content (AvgIpc) is 2.18. The highest BCUT2D eigenvalue weighted by Crippen LogP contribution is 2.39. The van der Waals surface area contributed by atoms with Crippen LogP contribution < -0.4 is 15.9 Å². The first kappa shape index (κ1) is 14.6. The Morgan fingerprint density at radius 3 is 2.28 bits per heavy atom. The average molecular weight is 266 g/mol. The van der Waals surface area contributed by atoms with Gasteiger partial charge in [-0.05, 0) is 30.3 Å². The second kappa shape index (κ2) is 4.64. The third kappa shape index (κ3) is 2.84. The number of rotatable bonds is 3. The van der Waals surface area contributed by atoms with E-state index in [0.29, 0.717) is 17.0 Å². The zero-order valence-corrected chi connectivity index (χ0v) is 12.7. The molecule has 4 nitrogen and oxygen atoms in total. The molecule has 4 N–H and O–H groups in total. The summed E-state index contributed by atoms with van der Waals surface area (Å²) in [5.74, 6) is 0.0195. The summed E-state index contributed by atoms with van der Waals surface area (Å²) in [6.07, 6.45) is 0. The fourth-order valence-corrected chi connectivity index (χ4v) is 2.31. The Balaban J connectivity index is 3.14. The molecule has 0 unspecified atom stereocenters. The lowest BCUT2D eigenvalue weighted by Crippen LogP contribution is -2.44. The molecule has 0 spiro atoms. The van der Waals surface area contributed by atoms with Gasteiger partial charge < -0.3 is 15.9 Å². The minimum absolute atomic E-state index is 0.0716. The molecule has 1 rings (SSSR count). The number of nitrogen functional groups attached to an aromatic ring is 1. The number of anilines is 1. The van der Waals surface area contributed by atoms with Crippen molar-refractivity contribution in [3.63, 3.8) is 0 Å². The normalized spacial score (nSPS) is 12.3. The largest absolute Gasteiger partial charge is 0.542 e. The highest BCUT2D eigenvalue weighted by atomic mass is 28.4. The first-order chi connectivity index (χ1) is 8.06. The van der Waals surface area contributed by atoms with Gasteiger partial charge in [0.05, 0.1) is 11.3 Å². The number of para-hydroxylation sites is 1. The summed E-state index contributed by atoms with van der Waals surface area (Å²) in [5.41, 5.74) is 11.8. The molecule has 0 aliphatic heterocycles. The van der Waals surface area contributed by atoms with E-state index in [9.17, 15) is 4.79 Å². The van der Waals surface area contributed by atoms with Crippen LogP contribution >= 0.6 is 0 Å². The minimum atomic E-state index is -1.97. The summed E-state index contributed by atoms with van der Waals surface area (Å²) in [6.45, 7) is 10.7. The molecular weight excluding hydrogens is 244 g/mol. The van der Waals surface area contributed by atoms with Crippen molar-refractivity contribution in [2.24, 2.45) is 5.73 Å². The molecule has 5 heteroatoms. The van der Waals surface area contributed by atoms with Crippen molar-refractivity contribution in [1.82, 2.24) is 0 Å². The van der Waals surface area contributed by atoms with Crippen molar-refractivity contribution in [2.75, 3.05) is 5.73 Å². The van der Waals surface area contributed by atoms with Crippen molar-refractivity contribution >= 4 is 19.9 Å². The zero-order valence-electron chi connectivity index (χ0n) is 11.7. The topological polar surface area (TPSA) is 78.3 Å². The first-order valence-corrected chi connectivity index (χ1v) is 8.84. The number of carbonyl (C=O) groups excluding carboxylic acids is 1. The van der Waals surface area contributed by atoms with Gasteiger partial charge in [-0.1, -0.05) is 26.8 Å². The molecular formula is C13H22N2O2Si. The highest BCUT2D eigenvalue weighted by Gasteiger charge is 2.39. The van der Waals surface area contributed by atoms with Crippen molar-refractivity contribution in [2.45, 2.75) is 38.9 Å². The van der Waals surface area contributed by atoms with E-state index in [1.807, 2.05) is 0 Å². The Bertz CT molecular complexity index is 465. The molecule has 0 saturated carbocycles. The Hall–Kier alpha value is -1.49. The molecule has 0 heterocycles. The van der Waals surface area contributed by atoms with Crippen LogP contribution in [0.1, 0.15) is 31.1 Å². The van der Waals surface area contributed by atoms with Crippen LogP contribution in [-0.4, -0.2) is 14.2 Å². The number of hydrogen-bond donors (Lipinski definition) is 2. The first-order valence-electron chi connectivity index (χ1n) is 5.93. The van der Waals surface area contributed by atoms with Gasteiger partial charge in [0.1, 0.15) is 5.75 Å². The van der Waals surface area contributed by atoms with Crippen LogP contribution in [0.15, 0.2) is 18.2 Å². The summed E-state index contributed by atoms with van der Waals surface area (Å²) in [6, 6.07) is 5.12. The molecule has 18 heavy (non-hydrogen) atoms. The summed E-state index contributed by atoms with van der Waals surface area (Å²) in [4.78, 5) is 11.2. The number of carbonyl (C=O) groups is 1. The maximum atomic E-state index is 11.2. The lowest BCUT2D eigenvalue weighted by atomic mass is 10.1. The standard InChI is InChI=1S/C13H22N2O2Si/c1-13(2,3)18(4,5)17-10-8-6-7-9(11(10)14)12(15)16/h6-8H,14H2,1-5H3,(H2,15,16). The molecule has 0 fully saturated rings. The fraction of sp³-hybridized carbons (Fsp3) is 0.462. The monoisotopic (exact) mass is 266 g/mol. The van der Waals surface area contributed by atoms with Gasteiger partial charge in [-0.3, -0.25) is 4.79 Å². The summed E-state index contributed by atoms with van der Waals surface area (Å²) in [7, 11) is -1.97. The van der Waals surface area contributed by atoms with Crippen LogP contribution in [0, 0.1) is 0 Å². The Morgan fingerprint density at radius 2 is 1.83 bits per heavy atom. The Labute approximate surface area is 109 Å². The second-order valence-electron chi connectivity index (χ2n) is 5.94. The molecule has 1 aromatic rings. The van der Waals surface area contributed by atoms with Crippen LogP contribution in [-0.2, 0) is 0 Å². The Kier molecular flexibility index (Phi) is 3.76. The van der Waals surface area contributed by atoms with Gasteiger partial charge in [-0.25, -0.2) is 0 Å². The van der Waals surface area contributed by atoms with E-state index in [2.05, 4.69) is 33.9 Å². The van der Waals surface area contributed by atoms with Gasteiger partial charge in [0.15, 0.2) is 0 Å². The van der Waals surface area contributed by atoms with Crippen LogP contribution in [0.4, 0.5) is 5.69 Å². The number of hydrogen-bond acceptors (Lipinski definition) is 3. The van der Waals surface area contributed by atoms with Gasteiger partial charge >= 0.3 is 0 Å². The fourth-order valence-electron chi connectivity index (χ4n) is 1.28. The predicted molar refractivity (Wildman–Crippen MR) is 77.2 cm³/mol. The van der Waals surface area contributed by atoms with E-state index < -0.39 is 14.2 Å². The molecule has 1 aromatic carbocycles. The minimum Gasteiger partial charge on any atom is -0.542 e. The number of primary amides is 1. The quantitative estimate of drug-likeness (QED) is 0.652. The van der Waals surface area contributed by atoms with E-state index in [-0.39, 0.29) is 5.04 Å². The molecule has 0 bridgehead atoms. The lowest BCUT2D eigenvalue weighted by molar-refractivity contribution is 0.100. The van der Waals surface area contributed by atoms with Crippen molar-refractivity contribution < 1.29 is 9.22 Å². The van der Waals surface area contributed by atoms with Gasteiger partial charge in [-0.2, -0.15) is 0 Å². The molecule has 0 saturated heterocycles. The van der Waals surface area contributed by atoms with Crippen LogP contribution in [0.3, 0.4) is 0 Å². The lowest BCUT2D eigenvalue weighted by Gasteiger charge is -2.36. The maximum absolute atomic E-state index is 11.2. The van der Waals surface area contributed by atoms with E-state index >= 15 is 0 Å². The smallest absolute Gasteiger partial charge is 0.250 e. The summed E-state index contributed by atoms with van der Waals surface area (Å²) in [5, 5.41) is 0.0716. The number of benzene rings is 1. The molecule has 0 aromatic heterocycles. The maximum Gasteiger partial charge on any atom is 0.250 e. The van der Waals surface area contributed by atoms with Gasteiger partial charge in [0.2, 0.25) is 0 Å². The van der Waals surface area contributed by atoms with Crippen LogP contribution in [0.5, 0.6) is 5.75 Å². The van der Waals surface area contributed by atoms with Crippen molar-refractivity contribution in [1.29, 1.82) is 0 Å². The summed E-state index contributed by atoms with van der Waals surface area (Å²) < 4.78 is 6.09. The number of nitrogens with two attached hydrogens (primary N) is 2. The number of amides is 1. The molecule has 0 atom stereocenters. The van der Waals surface area contributed by atoms with E-state index in [0.717, 1.165) is 0 Å². The van der Waals surface area contributed by atoms with Crippen LogP contribution in [0.2, 0.25) is 18.1 Å². The van der Waals surface area contributed by atoms with Gasteiger partial charge in [0.25, 0.3) is 14.2 Å².